The minimum absolute atomic E-state index is 0.00490. The highest BCUT2D eigenvalue weighted by molar-refractivity contribution is 7.92. The molecule has 0 amide bonds. The van der Waals surface area contributed by atoms with Crippen molar-refractivity contribution >= 4 is 26.7 Å². The predicted octanol–water partition coefficient (Wildman–Crippen LogP) is 4.70. The number of hydrogen-bond donors (Lipinski definition) is 2. The fraction of sp³-hybridized carbons (Fsp3) is 0.125. The van der Waals surface area contributed by atoms with Crippen LogP contribution in [0.1, 0.15) is 22.3 Å². The van der Waals surface area contributed by atoms with Crippen LogP contribution < -0.4 is 10.3 Å². The van der Waals surface area contributed by atoms with Gasteiger partial charge in [0.15, 0.2) is 0 Å². The van der Waals surface area contributed by atoms with Crippen molar-refractivity contribution in [1.82, 2.24) is 0 Å². The van der Waals surface area contributed by atoms with Crippen LogP contribution in [-0.4, -0.2) is 13.5 Å². The van der Waals surface area contributed by atoms with Gasteiger partial charge in [0.25, 0.3) is 10.0 Å². The third-order valence-corrected chi connectivity index (χ3v) is 6.51. The summed E-state index contributed by atoms with van der Waals surface area (Å²) in [5.74, 6) is 0. The molecular weight excluding hydrogens is 471 g/mol. The number of aliphatic hydroxyl groups is 1. The summed E-state index contributed by atoms with van der Waals surface area (Å²) in [4.78, 5) is 11.5. The molecule has 0 aliphatic carbocycles. The molecule has 1 aromatic heterocycles. The summed E-state index contributed by atoms with van der Waals surface area (Å²) in [5, 5.41) is 8.98. The van der Waals surface area contributed by atoms with Gasteiger partial charge in [0.2, 0.25) is 0 Å². The molecule has 1 heterocycles. The van der Waals surface area contributed by atoms with Crippen LogP contribution in [0.5, 0.6) is 0 Å². The van der Waals surface area contributed by atoms with E-state index in [2.05, 4.69) is 4.72 Å². The fourth-order valence-corrected chi connectivity index (χ4v) is 4.57. The van der Waals surface area contributed by atoms with Crippen molar-refractivity contribution in [3.63, 3.8) is 0 Å². The first-order chi connectivity index (χ1) is 16.0. The zero-order valence-electron chi connectivity index (χ0n) is 17.5. The maximum absolute atomic E-state index is 13.4. The van der Waals surface area contributed by atoms with E-state index < -0.39 is 27.4 Å². The summed E-state index contributed by atoms with van der Waals surface area (Å²) < 4.78 is 72.7. The zero-order chi connectivity index (χ0) is 24.5. The van der Waals surface area contributed by atoms with Gasteiger partial charge in [-0.05, 0) is 59.5 Å². The predicted molar refractivity (Wildman–Crippen MR) is 120 cm³/mol. The number of halogens is 3. The molecule has 2 N–H and O–H groups in total. The second-order valence-corrected chi connectivity index (χ2v) is 9.27. The first-order valence-corrected chi connectivity index (χ1v) is 11.5. The highest BCUT2D eigenvalue weighted by Crippen LogP contribution is 2.34. The van der Waals surface area contributed by atoms with Crippen molar-refractivity contribution in [2.45, 2.75) is 24.1 Å². The van der Waals surface area contributed by atoms with E-state index >= 15 is 0 Å². The molecule has 176 valence electrons. The highest BCUT2D eigenvalue weighted by atomic mass is 32.2. The van der Waals surface area contributed by atoms with E-state index in [-0.39, 0.29) is 28.9 Å². The van der Waals surface area contributed by atoms with Crippen molar-refractivity contribution < 1.29 is 31.1 Å². The van der Waals surface area contributed by atoms with Crippen LogP contribution >= 0.6 is 0 Å². The van der Waals surface area contributed by atoms with E-state index in [1.165, 1.54) is 30.3 Å². The number of sulfonamides is 1. The molecule has 0 bridgehead atoms. The Labute approximate surface area is 192 Å². The van der Waals surface area contributed by atoms with Crippen LogP contribution in [-0.2, 0) is 29.2 Å². The summed E-state index contributed by atoms with van der Waals surface area (Å²) in [5.41, 5.74) is -0.258. The molecule has 0 fully saturated rings. The molecule has 0 spiro atoms. The summed E-state index contributed by atoms with van der Waals surface area (Å²) >= 11 is 0. The molecule has 0 saturated carbocycles. The van der Waals surface area contributed by atoms with Gasteiger partial charge in [-0.2, -0.15) is 13.2 Å². The first-order valence-electron chi connectivity index (χ1n) is 10.0. The van der Waals surface area contributed by atoms with Gasteiger partial charge in [-0.15, -0.1) is 0 Å². The molecule has 3 aromatic carbocycles. The van der Waals surface area contributed by atoms with Gasteiger partial charge < -0.3 is 9.52 Å². The second kappa shape index (κ2) is 8.96. The fourth-order valence-electron chi connectivity index (χ4n) is 3.52. The maximum Gasteiger partial charge on any atom is 0.417 e. The highest BCUT2D eigenvalue weighted by Gasteiger charge is 2.33. The SMILES string of the molecule is O=c1cc(C(F)(F)F)c2cc(Cc3ccc(S(=O)(=O)Nc4cccc(CO)c4)cc3)ccc2o1. The lowest BCUT2D eigenvalue weighted by atomic mass is 10.0. The Kier molecular flexibility index (Phi) is 6.20. The Morgan fingerprint density at radius 1 is 0.882 bits per heavy atom. The van der Waals surface area contributed by atoms with Gasteiger partial charge in [-0.25, -0.2) is 13.2 Å². The van der Waals surface area contributed by atoms with Gasteiger partial charge in [0.1, 0.15) is 5.58 Å². The number of fused-ring (bicyclic) bond motifs is 1. The number of rotatable bonds is 6. The Morgan fingerprint density at radius 2 is 1.59 bits per heavy atom. The quantitative estimate of drug-likeness (QED) is 0.383. The van der Waals surface area contributed by atoms with E-state index in [1.807, 2.05) is 0 Å². The largest absolute Gasteiger partial charge is 0.423 e. The molecule has 10 heteroatoms. The Bertz CT molecular complexity index is 1510. The number of alkyl halides is 3. The van der Waals surface area contributed by atoms with Crippen LogP contribution in [0.3, 0.4) is 0 Å². The number of hydrogen-bond acceptors (Lipinski definition) is 5. The molecule has 0 radical (unpaired) electrons. The lowest BCUT2D eigenvalue weighted by molar-refractivity contribution is -0.136. The molecule has 0 saturated heterocycles. The molecule has 0 unspecified atom stereocenters. The van der Waals surface area contributed by atoms with Crippen molar-refractivity contribution in [1.29, 1.82) is 0 Å². The average Bonchev–Trinajstić information content (AvgIpc) is 2.78. The molecule has 6 nitrogen and oxygen atoms in total. The van der Waals surface area contributed by atoms with E-state index in [4.69, 9.17) is 4.42 Å². The van der Waals surface area contributed by atoms with Crippen LogP contribution in [0, 0.1) is 0 Å². The third kappa shape index (κ3) is 5.13. The molecule has 4 aromatic rings. The van der Waals surface area contributed by atoms with Crippen LogP contribution in [0.25, 0.3) is 11.0 Å². The van der Waals surface area contributed by atoms with E-state index in [0.29, 0.717) is 28.4 Å². The summed E-state index contributed by atoms with van der Waals surface area (Å²) in [6.45, 7) is -0.227. The van der Waals surface area contributed by atoms with Gasteiger partial charge in [-0.3, -0.25) is 4.72 Å². The second-order valence-electron chi connectivity index (χ2n) is 7.59. The van der Waals surface area contributed by atoms with E-state index in [0.717, 1.165) is 0 Å². The Morgan fingerprint density at radius 3 is 2.26 bits per heavy atom. The average molecular weight is 489 g/mol. The van der Waals surface area contributed by atoms with Crippen molar-refractivity contribution in [2.24, 2.45) is 0 Å². The lowest BCUT2D eigenvalue weighted by Crippen LogP contribution is -2.13. The van der Waals surface area contributed by atoms with Crippen molar-refractivity contribution in [3.8, 4) is 0 Å². The smallest absolute Gasteiger partial charge is 0.417 e. The van der Waals surface area contributed by atoms with Gasteiger partial charge in [0, 0.05) is 17.1 Å². The molecule has 0 aliphatic heterocycles. The maximum atomic E-state index is 13.4. The monoisotopic (exact) mass is 489 g/mol. The van der Waals surface area contributed by atoms with Crippen LogP contribution in [0.2, 0.25) is 0 Å². The number of benzene rings is 3. The molecule has 0 aliphatic rings. The van der Waals surface area contributed by atoms with E-state index in [1.54, 1.807) is 36.4 Å². The number of aliphatic hydroxyl groups excluding tert-OH is 1. The standard InChI is InChI=1S/C24H18F3NO5S/c25-24(26,27)21-13-23(30)33-22-9-6-16(12-20(21)22)10-15-4-7-19(8-5-15)34(31,32)28-18-3-1-2-17(11-18)14-29/h1-9,11-13,28-29H,10,14H2. The van der Waals surface area contributed by atoms with Gasteiger partial charge >= 0.3 is 11.8 Å². The molecular formula is C24H18F3NO5S. The first kappa shape index (κ1) is 23.5. The summed E-state index contributed by atoms with van der Waals surface area (Å²) in [6, 6.07) is 16.9. The minimum Gasteiger partial charge on any atom is -0.423 e. The molecule has 34 heavy (non-hydrogen) atoms. The third-order valence-electron chi connectivity index (χ3n) is 5.12. The normalized spacial score (nSPS) is 12.1. The lowest BCUT2D eigenvalue weighted by Gasteiger charge is -2.11. The van der Waals surface area contributed by atoms with Gasteiger partial charge in [0.05, 0.1) is 17.1 Å². The van der Waals surface area contributed by atoms with Crippen LogP contribution in [0.4, 0.5) is 18.9 Å². The van der Waals surface area contributed by atoms with Crippen molar-refractivity contribution in [3.05, 3.63) is 105 Å². The topological polar surface area (TPSA) is 96.6 Å². The minimum atomic E-state index is -4.72. The Balaban J connectivity index is 1.58. The number of nitrogens with one attached hydrogen (secondary N) is 1. The summed E-state index contributed by atoms with van der Waals surface area (Å²) in [6.07, 6.45) is -4.48. The molecule has 0 atom stereocenters. The van der Waals surface area contributed by atoms with Gasteiger partial charge in [-0.1, -0.05) is 30.3 Å². The number of anilines is 1. The van der Waals surface area contributed by atoms with Crippen molar-refractivity contribution in [2.75, 3.05) is 4.72 Å². The summed E-state index contributed by atoms with van der Waals surface area (Å²) in [7, 11) is -3.88. The Hall–Kier alpha value is -3.63. The van der Waals surface area contributed by atoms with E-state index in [9.17, 15) is 31.5 Å². The van der Waals surface area contributed by atoms with Crippen LogP contribution in [0.15, 0.2) is 86.9 Å². The molecule has 4 rings (SSSR count). The zero-order valence-corrected chi connectivity index (χ0v) is 18.3.